The minimum Gasteiger partial charge on any atom is -0.301 e. The molecular formula is C16H18FNO2S. The van der Waals surface area contributed by atoms with Gasteiger partial charge in [-0.3, -0.25) is 9.59 Å². The average molecular weight is 307 g/mol. The fourth-order valence-corrected chi connectivity index (χ4v) is 2.77. The normalized spacial score (nSPS) is 17.6. The summed E-state index contributed by atoms with van der Waals surface area (Å²) in [5.41, 5.74) is -0.0504. The Balaban J connectivity index is 2.24. The topological polar surface area (TPSA) is 37.4 Å². The zero-order valence-corrected chi connectivity index (χ0v) is 13.2. The molecule has 0 aromatic heterocycles. The number of rotatable bonds is 3. The molecule has 3 nitrogen and oxygen atoms in total. The molecule has 0 atom stereocenters. The summed E-state index contributed by atoms with van der Waals surface area (Å²) >= 11 is 1.32. The number of amides is 1. The van der Waals surface area contributed by atoms with Crippen LogP contribution in [0.15, 0.2) is 35.4 Å². The van der Waals surface area contributed by atoms with Gasteiger partial charge < -0.3 is 4.90 Å². The van der Waals surface area contributed by atoms with Crippen molar-refractivity contribution in [2.75, 3.05) is 5.75 Å². The summed E-state index contributed by atoms with van der Waals surface area (Å²) in [4.78, 5) is 25.5. The zero-order valence-electron chi connectivity index (χ0n) is 12.4. The van der Waals surface area contributed by atoms with E-state index in [2.05, 4.69) is 0 Å². The van der Waals surface area contributed by atoms with Gasteiger partial charge in [-0.05, 0) is 6.07 Å². The lowest BCUT2D eigenvalue weighted by Crippen LogP contribution is -2.26. The average Bonchev–Trinajstić information content (AvgIpc) is 2.73. The lowest BCUT2D eigenvalue weighted by atomic mass is 9.91. The number of nitrogens with zero attached hydrogens (tertiary/aromatic N) is 1. The lowest BCUT2D eigenvalue weighted by Gasteiger charge is -2.19. The molecule has 0 N–H and O–H groups in total. The monoisotopic (exact) mass is 307 g/mol. The van der Waals surface area contributed by atoms with Crippen molar-refractivity contribution in [3.8, 4) is 0 Å². The molecule has 0 unspecified atom stereocenters. The third-order valence-corrected chi connectivity index (χ3v) is 4.22. The van der Waals surface area contributed by atoms with Gasteiger partial charge in [0.1, 0.15) is 5.82 Å². The van der Waals surface area contributed by atoms with Gasteiger partial charge in [0.2, 0.25) is 5.91 Å². The highest BCUT2D eigenvalue weighted by atomic mass is 32.2. The summed E-state index contributed by atoms with van der Waals surface area (Å²) in [5, 5.41) is 0.600. The SMILES string of the molecule is CC(C)(C)C(=O)/C=C1\SCC(=O)N1Cc1ccccc1F. The van der Waals surface area contributed by atoms with Gasteiger partial charge in [-0.1, -0.05) is 50.7 Å². The van der Waals surface area contributed by atoms with Gasteiger partial charge in [-0.15, -0.1) is 0 Å². The zero-order chi connectivity index (χ0) is 15.6. The minimum atomic E-state index is -0.497. The van der Waals surface area contributed by atoms with E-state index in [0.29, 0.717) is 10.6 Å². The van der Waals surface area contributed by atoms with Crippen LogP contribution in [-0.4, -0.2) is 22.3 Å². The first-order chi connectivity index (χ1) is 9.79. The molecule has 1 amide bonds. The van der Waals surface area contributed by atoms with Crippen molar-refractivity contribution in [2.45, 2.75) is 27.3 Å². The van der Waals surface area contributed by atoms with Crippen LogP contribution in [0.2, 0.25) is 0 Å². The van der Waals surface area contributed by atoms with E-state index in [9.17, 15) is 14.0 Å². The third kappa shape index (κ3) is 3.73. The van der Waals surface area contributed by atoms with E-state index in [1.807, 2.05) is 20.8 Å². The van der Waals surface area contributed by atoms with E-state index in [1.165, 1.54) is 28.8 Å². The van der Waals surface area contributed by atoms with Gasteiger partial charge >= 0.3 is 0 Å². The minimum absolute atomic E-state index is 0.0433. The van der Waals surface area contributed by atoms with Crippen LogP contribution in [0.5, 0.6) is 0 Å². The number of ketones is 1. The summed E-state index contributed by atoms with van der Waals surface area (Å²) in [5.74, 6) is -0.198. The second-order valence-electron chi connectivity index (χ2n) is 5.96. The number of allylic oxidation sites excluding steroid dienone is 1. The fraction of sp³-hybridized carbons (Fsp3) is 0.375. The Morgan fingerprint density at radius 1 is 1.38 bits per heavy atom. The first-order valence-electron chi connectivity index (χ1n) is 6.72. The summed E-state index contributed by atoms with van der Waals surface area (Å²) in [6.07, 6.45) is 1.50. The van der Waals surface area contributed by atoms with Crippen molar-refractivity contribution < 1.29 is 14.0 Å². The van der Waals surface area contributed by atoms with E-state index >= 15 is 0 Å². The Bertz CT molecular complexity index is 605. The van der Waals surface area contributed by atoms with E-state index in [-0.39, 0.29) is 29.8 Å². The predicted molar refractivity (Wildman–Crippen MR) is 82.0 cm³/mol. The van der Waals surface area contributed by atoms with Crippen LogP contribution in [0.4, 0.5) is 4.39 Å². The van der Waals surface area contributed by atoms with Gasteiger partial charge in [-0.2, -0.15) is 0 Å². The first kappa shape index (κ1) is 15.8. The molecule has 1 fully saturated rings. The molecule has 1 saturated heterocycles. The van der Waals surface area contributed by atoms with Crippen molar-refractivity contribution in [1.82, 2.24) is 4.90 Å². The molecule has 21 heavy (non-hydrogen) atoms. The van der Waals surface area contributed by atoms with Crippen LogP contribution >= 0.6 is 11.8 Å². The second kappa shape index (κ2) is 6.02. The van der Waals surface area contributed by atoms with Crippen LogP contribution in [-0.2, 0) is 16.1 Å². The van der Waals surface area contributed by atoms with Crippen LogP contribution in [0, 0.1) is 11.2 Å². The Morgan fingerprint density at radius 3 is 2.67 bits per heavy atom. The number of halogens is 1. The van der Waals surface area contributed by atoms with Gasteiger partial charge in [0.05, 0.1) is 17.3 Å². The third-order valence-electron chi connectivity index (χ3n) is 3.19. The molecule has 112 valence electrons. The maximum atomic E-state index is 13.7. The molecule has 0 bridgehead atoms. The maximum Gasteiger partial charge on any atom is 0.238 e. The molecular weight excluding hydrogens is 289 g/mol. The van der Waals surface area contributed by atoms with E-state index in [1.54, 1.807) is 18.2 Å². The predicted octanol–water partition coefficient (Wildman–Crippen LogP) is 3.36. The molecule has 1 aromatic rings. The summed E-state index contributed by atoms with van der Waals surface area (Å²) < 4.78 is 13.7. The highest BCUT2D eigenvalue weighted by Gasteiger charge is 2.29. The van der Waals surface area contributed by atoms with Crippen LogP contribution < -0.4 is 0 Å². The number of hydrogen-bond donors (Lipinski definition) is 0. The standard InChI is InChI=1S/C16H18FNO2S/c1-16(2,3)13(19)8-15-18(14(20)10-21-15)9-11-6-4-5-7-12(11)17/h4-8H,9-10H2,1-3H3/b15-8-. The number of carbonyl (C=O) groups excluding carboxylic acids is 2. The van der Waals surface area contributed by atoms with Crippen molar-refractivity contribution >= 4 is 23.5 Å². The van der Waals surface area contributed by atoms with Gasteiger partial charge in [0.25, 0.3) is 0 Å². The van der Waals surface area contributed by atoms with Crippen LogP contribution in [0.25, 0.3) is 0 Å². The number of hydrogen-bond acceptors (Lipinski definition) is 3. The van der Waals surface area contributed by atoms with Crippen LogP contribution in [0.1, 0.15) is 26.3 Å². The highest BCUT2D eigenvalue weighted by Crippen LogP contribution is 2.32. The Hall–Kier alpha value is -1.62. The molecule has 1 aromatic carbocycles. The molecule has 2 rings (SSSR count). The van der Waals surface area contributed by atoms with Gasteiger partial charge in [0.15, 0.2) is 5.78 Å². The van der Waals surface area contributed by atoms with E-state index < -0.39 is 5.41 Å². The van der Waals surface area contributed by atoms with E-state index in [0.717, 1.165) is 0 Å². The Labute approximate surface area is 128 Å². The fourth-order valence-electron chi connectivity index (χ4n) is 1.83. The second-order valence-corrected chi connectivity index (χ2v) is 6.95. The number of thioether (sulfide) groups is 1. The smallest absolute Gasteiger partial charge is 0.238 e. The summed E-state index contributed by atoms with van der Waals surface area (Å²) in [6, 6.07) is 6.36. The lowest BCUT2D eigenvalue weighted by molar-refractivity contribution is -0.125. The van der Waals surface area contributed by atoms with Crippen molar-refractivity contribution in [3.05, 3.63) is 46.8 Å². The van der Waals surface area contributed by atoms with Crippen molar-refractivity contribution in [2.24, 2.45) is 5.41 Å². The largest absolute Gasteiger partial charge is 0.301 e. The molecule has 0 aliphatic carbocycles. The Morgan fingerprint density at radius 2 is 2.05 bits per heavy atom. The van der Waals surface area contributed by atoms with Gasteiger partial charge in [-0.25, -0.2) is 4.39 Å². The van der Waals surface area contributed by atoms with Crippen molar-refractivity contribution in [1.29, 1.82) is 0 Å². The molecule has 0 spiro atoms. The molecule has 1 aliphatic rings. The molecule has 5 heteroatoms. The molecule has 1 heterocycles. The van der Waals surface area contributed by atoms with E-state index in [4.69, 9.17) is 0 Å². The molecule has 0 radical (unpaired) electrons. The summed E-state index contributed by atoms with van der Waals surface area (Å²) in [7, 11) is 0. The maximum absolute atomic E-state index is 13.7. The molecule has 0 saturated carbocycles. The van der Waals surface area contributed by atoms with Crippen molar-refractivity contribution in [3.63, 3.8) is 0 Å². The number of benzene rings is 1. The molecule has 1 aliphatic heterocycles. The quantitative estimate of drug-likeness (QED) is 0.804. The van der Waals surface area contributed by atoms with Gasteiger partial charge in [0, 0.05) is 17.1 Å². The van der Waals surface area contributed by atoms with Crippen LogP contribution in [0.3, 0.4) is 0 Å². The first-order valence-corrected chi connectivity index (χ1v) is 7.70. The number of carbonyl (C=O) groups is 2. The Kier molecular flexibility index (Phi) is 4.52. The highest BCUT2D eigenvalue weighted by molar-refractivity contribution is 8.04. The summed E-state index contributed by atoms with van der Waals surface area (Å²) in [6.45, 7) is 5.64.